The maximum atomic E-state index is 15.1. The number of benzene rings is 1. The van der Waals surface area contributed by atoms with Crippen molar-refractivity contribution in [1.29, 1.82) is 0 Å². The number of carbonyl (C=O) groups is 3. The molecular weight excluding hydrogens is 656 g/mol. The molecule has 4 rings (SSSR count). The number of alkyl halides is 3. The number of amides is 3. The molecule has 1 unspecified atom stereocenters. The van der Waals surface area contributed by atoms with Crippen molar-refractivity contribution in [2.45, 2.75) is 51.4 Å². The lowest BCUT2D eigenvalue weighted by molar-refractivity contribution is -0.137. The second kappa shape index (κ2) is 17.1. The summed E-state index contributed by atoms with van der Waals surface area (Å²) in [5.41, 5.74) is -0.495. The molecule has 2 aliphatic rings. The summed E-state index contributed by atoms with van der Waals surface area (Å²) < 4.78 is 61.1. The number of rotatable bonds is 12. The van der Waals surface area contributed by atoms with Gasteiger partial charge in [0.2, 0.25) is 18.2 Å². The van der Waals surface area contributed by atoms with Gasteiger partial charge in [0.1, 0.15) is 17.7 Å². The average molecular weight is 699 g/mol. The summed E-state index contributed by atoms with van der Waals surface area (Å²) in [7, 11) is 7.14. The van der Waals surface area contributed by atoms with Gasteiger partial charge in [-0.2, -0.15) is 13.2 Å². The quantitative estimate of drug-likeness (QED) is 0.174. The van der Waals surface area contributed by atoms with Crippen LogP contribution in [-0.2, 0) is 25.3 Å². The van der Waals surface area contributed by atoms with Crippen molar-refractivity contribution < 1.29 is 36.7 Å². The van der Waals surface area contributed by atoms with Gasteiger partial charge in [0, 0.05) is 64.0 Å². The first-order valence-corrected chi connectivity index (χ1v) is 15.8. The molecule has 2 fully saturated rings. The zero-order chi connectivity index (χ0) is 35.8. The van der Waals surface area contributed by atoms with Crippen molar-refractivity contribution in [2.75, 3.05) is 75.7 Å². The number of aromatic nitrogens is 1. The van der Waals surface area contributed by atoms with Gasteiger partial charge in [-0.25, -0.2) is 9.37 Å². The predicted octanol–water partition coefficient (Wildman–Crippen LogP) is 5.08. The lowest BCUT2D eigenvalue weighted by Crippen LogP contribution is -2.51. The fourth-order valence-corrected chi connectivity index (χ4v) is 5.34. The number of para-hydroxylation sites is 1. The van der Waals surface area contributed by atoms with Crippen molar-refractivity contribution in [3.05, 3.63) is 58.5 Å². The van der Waals surface area contributed by atoms with Crippen molar-refractivity contribution in [3.8, 4) is 0 Å². The number of likely N-dealkylation sites (tertiary alicyclic amines) is 1. The van der Waals surface area contributed by atoms with E-state index in [-0.39, 0.29) is 41.8 Å². The highest BCUT2D eigenvalue weighted by Crippen LogP contribution is 2.36. The molecule has 1 aromatic heterocycles. The minimum absolute atomic E-state index is 0.0181. The Morgan fingerprint density at radius 2 is 1.85 bits per heavy atom. The van der Waals surface area contributed by atoms with Crippen LogP contribution in [0.4, 0.5) is 34.8 Å². The zero-order valence-electron chi connectivity index (χ0n) is 28.1. The van der Waals surface area contributed by atoms with Crippen LogP contribution in [0.15, 0.2) is 41.4 Å². The van der Waals surface area contributed by atoms with Crippen molar-refractivity contribution >= 4 is 47.0 Å². The summed E-state index contributed by atoms with van der Waals surface area (Å²) >= 11 is 5.56. The molecule has 10 nitrogen and oxygen atoms in total. The number of carbonyl (C=O) groups excluding carboxylic acids is 3. The predicted molar refractivity (Wildman–Crippen MR) is 178 cm³/mol. The van der Waals surface area contributed by atoms with Crippen molar-refractivity contribution in [1.82, 2.24) is 14.8 Å². The number of pyridine rings is 1. The van der Waals surface area contributed by atoms with E-state index in [1.165, 1.54) is 31.0 Å². The van der Waals surface area contributed by atoms with Crippen LogP contribution in [0.1, 0.15) is 37.4 Å². The molecule has 2 aliphatic heterocycles. The molecule has 3 amide bonds. The summed E-state index contributed by atoms with van der Waals surface area (Å²) in [6.07, 6.45) is -1.32. The highest BCUT2D eigenvalue weighted by Gasteiger charge is 2.41. The van der Waals surface area contributed by atoms with Gasteiger partial charge < -0.3 is 24.3 Å². The fourth-order valence-electron chi connectivity index (χ4n) is 5.27. The number of hydrogen-bond donors (Lipinski definition) is 0. The second-order valence-electron chi connectivity index (χ2n) is 12.1. The molecule has 264 valence electrons. The van der Waals surface area contributed by atoms with E-state index < -0.39 is 35.4 Å². The Balaban J connectivity index is 0.000000694. The topological polar surface area (TPSA) is 89.5 Å². The van der Waals surface area contributed by atoms with E-state index in [1.807, 2.05) is 27.1 Å². The zero-order valence-corrected chi connectivity index (χ0v) is 28.8. The van der Waals surface area contributed by atoms with E-state index in [2.05, 4.69) is 9.88 Å². The smallest absolute Gasteiger partial charge is 0.374 e. The van der Waals surface area contributed by atoms with Gasteiger partial charge in [-0.15, -0.1) is 0 Å². The molecule has 0 bridgehead atoms. The van der Waals surface area contributed by atoms with Crippen LogP contribution in [0.2, 0.25) is 0 Å². The first-order valence-electron chi connectivity index (χ1n) is 15.5. The Morgan fingerprint density at radius 3 is 2.44 bits per heavy atom. The minimum Gasteiger partial charge on any atom is -0.374 e. The molecule has 0 radical (unpaired) electrons. The van der Waals surface area contributed by atoms with E-state index in [0.29, 0.717) is 32.7 Å². The molecule has 0 spiro atoms. The number of likely N-dealkylation sites (N-methyl/N-ethyl adjacent to an activating group) is 2. The van der Waals surface area contributed by atoms with Crippen LogP contribution in [0, 0.1) is 12.7 Å². The summed E-state index contributed by atoms with van der Waals surface area (Å²) in [5.74, 6) is -1.90. The summed E-state index contributed by atoms with van der Waals surface area (Å²) in [5, 5.41) is 0.860. The third-order valence-corrected chi connectivity index (χ3v) is 7.96. The monoisotopic (exact) mass is 698 g/mol. The van der Waals surface area contributed by atoms with Crippen LogP contribution in [0.25, 0.3) is 0 Å². The number of ether oxygens (including phenoxy) is 1. The normalized spacial score (nSPS) is 16.9. The van der Waals surface area contributed by atoms with Gasteiger partial charge in [-0.3, -0.25) is 19.3 Å². The van der Waals surface area contributed by atoms with Gasteiger partial charge >= 0.3 is 6.18 Å². The van der Waals surface area contributed by atoms with Crippen LogP contribution >= 0.6 is 11.6 Å². The van der Waals surface area contributed by atoms with Gasteiger partial charge in [0.15, 0.2) is 0 Å². The third kappa shape index (κ3) is 10.4. The molecule has 0 aliphatic carbocycles. The van der Waals surface area contributed by atoms with E-state index >= 15 is 4.39 Å². The lowest BCUT2D eigenvalue weighted by atomic mass is 10.1. The first kappa shape index (κ1) is 38.7. The Bertz CT molecular complexity index is 1460. The minimum atomic E-state index is -4.65. The van der Waals surface area contributed by atoms with Crippen LogP contribution in [-0.4, -0.2) is 106 Å². The summed E-state index contributed by atoms with van der Waals surface area (Å²) in [6, 6.07) is 4.83. The maximum absolute atomic E-state index is 15.1. The first-order chi connectivity index (χ1) is 22.5. The molecule has 1 aromatic carbocycles. The molecule has 3 heterocycles. The van der Waals surface area contributed by atoms with Gasteiger partial charge in [0.25, 0.3) is 0 Å². The maximum Gasteiger partial charge on any atom is 0.416 e. The van der Waals surface area contributed by atoms with Gasteiger partial charge in [-0.1, -0.05) is 23.7 Å². The van der Waals surface area contributed by atoms with Crippen LogP contribution in [0.5, 0.6) is 0 Å². The summed E-state index contributed by atoms with van der Waals surface area (Å²) in [4.78, 5) is 48.7. The molecule has 15 heteroatoms. The average Bonchev–Trinajstić information content (AvgIpc) is 3.38. The standard InChI is InChI=1S/C27H31F4N5O4.C6H12ClN/c1-17-12-18(27(29,30)31)13-23(32-17)36-22(8-9-24(36)38)26(39)34(3)21-7-4-6-20(28)25(21)33(2)10-5-11-40-19-14-35(15-19)16-37;1-6(7)4-5-8(2)3/h4,6-7,12-13,16,19,22H,5,8-11,14-15H2,1-3H3;4H,5H2,1-3H3/b;6-4-. The number of nitrogens with zero attached hydrogens (tertiary/aromatic N) is 6. The van der Waals surface area contributed by atoms with Gasteiger partial charge in [0.05, 0.1) is 23.0 Å². The molecule has 1 atom stereocenters. The molecule has 2 aromatic rings. The van der Waals surface area contributed by atoms with Crippen molar-refractivity contribution in [3.63, 3.8) is 0 Å². The number of hydrogen-bond acceptors (Lipinski definition) is 7. The SMILES string of the molecule is C/C(Cl)=C/CN(C)C.Cc1cc(C(F)(F)F)cc(N2C(=O)CCC2C(=O)N(C)c2cccc(F)c2N(C)CCCOC2CN(C=O)C2)n1. The van der Waals surface area contributed by atoms with E-state index in [9.17, 15) is 27.6 Å². The Morgan fingerprint density at radius 1 is 1.17 bits per heavy atom. The largest absolute Gasteiger partial charge is 0.416 e. The number of anilines is 3. The Kier molecular flexibility index (Phi) is 13.8. The Hall–Kier alpha value is -3.75. The molecule has 2 saturated heterocycles. The van der Waals surface area contributed by atoms with E-state index in [1.54, 1.807) is 22.9 Å². The lowest BCUT2D eigenvalue weighted by Gasteiger charge is -2.36. The van der Waals surface area contributed by atoms with E-state index in [0.717, 1.165) is 35.0 Å². The van der Waals surface area contributed by atoms with Crippen LogP contribution < -0.4 is 14.7 Å². The molecule has 0 saturated carbocycles. The second-order valence-corrected chi connectivity index (χ2v) is 12.7. The molecular formula is C33H43ClF4N6O4. The molecule has 0 N–H and O–H groups in total. The highest BCUT2D eigenvalue weighted by atomic mass is 35.5. The number of halogens is 5. The number of aryl methyl sites for hydroxylation is 1. The summed E-state index contributed by atoms with van der Waals surface area (Å²) in [6.45, 7) is 6.08. The van der Waals surface area contributed by atoms with E-state index in [4.69, 9.17) is 16.3 Å². The Labute approximate surface area is 283 Å². The highest BCUT2D eigenvalue weighted by molar-refractivity contribution is 6.29. The van der Waals surface area contributed by atoms with Crippen LogP contribution in [0.3, 0.4) is 0 Å². The number of allylic oxidation sites excluding steroid dienone is 1. The third-order valence-electron chi connectivity index (χ3n) is 7.80. The fraction of sp³-hybridized carbons (Fsp3) is 0.515. The molecule has 48 heavy (non-hydrogen) atoms. The van der Waals surface area contributed by atoms with Crippen molar-refractivity contribution in [2.24, 2.45) is 0 Å². The van der Waals surface area contributed by atoms with Gasteiger partial charge in [-0.05, 0) is 65.0 Å².